The van der Waals surface area contributed by atoms with Crippen molar-refractivity contribution >= 4 is 11.9 Å². The molecule has 0 aliphatic carbocycles. The summed E-state index contributed by atoms with van der Waals surface area (Å²) in [5, 5.41) is 9.85. The van der Waals surface area contributed by atoms with E-state index in [0.29, 0.717) is 11.1 Å². The van der Waals surface area contributed by atoms with E-state index in [-0.39, 0.29) is 6.42 Å². The van der Waals surface area contributed by atoms with Gasteiger partial charge in [0.25, 0.3) is 0 Å². The second-order valence-electron chi connectivity index (χ2n) is 6.08. The molecule has 0 radical (unpaired) electrons. The molecule has 1 aliphatic heterocycles. The van der Waals surface area contributed by atoms with Gasteiger partial charge in [0.05, 0.1) is 17.2 Å². The van der Waals surface area contributed by atoms with Crippen molar-refractivity contribution in [2.24, 2.45) is 0 Å². The number of carbonyl (C=O) groups is 2. The molecule has 1 aliphatic rings. The topological polar surface area (TPSA) is 82.1 Å². The summed E-state index contributed by atoms with van der Waals surface area (Å²) < 4.78 is 16.4. The molecule has 0 bridgehead atoms. The van der Waals surface area contributed by atoms with Crippen LogP contribution < -0.4 is 0 Å². The van der Waals surface area contributed by atoms with Crippen LogP contribution in [0.5, 0.6) is 0 Å². The molecule has 2 aromatic rings. The molecule has 1 heterocycles. The van der Waals surface area contributed by atoms with Gasteiger partial charge in [-0.1, -0.05) is 36.4 Å². The van der Waals surface area contributed by atoms with E-state index in [1.165, 1.54) is 0 Å². The second kappa shape index (κ2) is 8.12. The van der Waals surface area contributed by atoms with Crippen molar-refractivity contribution in [1.82, 2.24) is 0 Å². The Labute approximate surface area is 151 Å². The van der Waals surface area contributed by atoms with E-state index in [1.807, 2.05) is 0 Å². The largest absolute Gasteiger partial charge is 0.455 e. The lowest BCUT2D eigenvalue weighted by atomic mass is 10.0. The lowest BCUT2D eigenvalue weighted by molar-refractivity contribution is -0.226. The molecule has 6 nitrogen and oxygen atoms in total. The first-order valence-corrected chi connectivity index (χ1v) is 8.40. The molecule has 6 heteroatoms. The van der Waals surface area contributed by atoms with Crippen LogP contribution in [0.1, 0.15) is 34.1 Å². The van der Waals surface area contributed by atoms with E-state index in [4.69, 9.17) is 14.2 Å². The van der Waals surface area contributed by atoms with Gasteiger partial charge >= 0.3 is 11.9 Å². The Balaban J connectivity index is 1.74. The monoisotopic (exact) mass is 356 g/mol. The molecular formula is C20H20O6. The van der Waals surface area contributed by atoms with Crippen LogP contribution in [-0.2, 0) is 14.2 Å². The van der Waals surface area contributed by atoms with Crippen LogP contribution in [0.2, 0.25) is 0 Å². The number of aliphatic hydroxyl groups excluding tert-OH is 1. The summed E-state index contributed by atoms with van der Waals surface area (Å²) in [6.45, 7) is 1.66. The smallest absolute Gasteiger partial charge is 0.338 e. The van der Waals surface area contributed by atoms with Crippen molar-refractivity contribution in [1.29, 1.82) is 0 Å². The molecule has 0 amide bonds. The molecular weight excluding hydrogens is 336 g/mol. The van der Waals surface area contributed by atoms with Crippen LogP contribution in [0.25, 0.3) is 0 Å². The maximum atomic E-state index is 12.4. The molecule has 4 atom stereocenters. The number of rotatable bonds is 4. The van der Waals surface area contributed by atoms with Crippen molar-refractivity contribution in [2.75, 3.05) is 0 Å². The summed E-state index contributed by atoms with van der Waals surface area (Å²) in [4.78, 5) is 24.7. The minimum atomic E-state index is -1.09. The fraction of sp³-hybridized carbons (Fsp3) is 0.300. The Morgan fingerprint density at radius 2 is 1.42 bits per heavy atom. The van der Waals surface area contributed by atoms with Crippen LogP contribution in [0.4, 0.5) is 0 Å². The lowest BCUT2D eigenvalue weighted by Gasteiger charge is -2.37. The lowest BCUT2D eigenvalue weighted by Crippen LogP contribution is -2.51. The summed E-state index contributed by atoms with van der Waals surface area (Å²) in [5.41, 5.74) is 0.772. The van der Waals surface area contributed by atoms with E-state index in [9.17, 15) is 14.7 Å². The third-order valence-electron chi connectivity index (χ3n) is 4.16. The van der Waals surface area contributed by atoms with Gasteiger partial charge in [0.15, 0.2) is 12.4 Å². The zero-order valence-electron chi connectivity index (χ0n) is 14.3. The summed E-state index contributed by atoms with van der Waals surface area (Å²) in [6.07, 6.45) is -3.33. The maximum absolute atomic E-state index is 12.4. The minimum Gasteiger partial charge on any atom is -0.455 e. The van der Waals surface area contributed by atoms with E-state index < -0.39 is 36.5 Å². The van der Waals surface area contributed by atoms with Crippen molar-refractivity contribution in [3.8, 4) is 0 Å². The van der Waals surface area contributed by atoms with Gasteiger partial charge in [-0.25, -0.2) is 9.59 Å². The van der Waals surface area contributed by atoms with Gasteiger partial charge in [-0.15, -0.1) is 0 Å². The number of carbonyl (C=O) groups excluding carboxylic acids is 2. The maximum Gasteiger partial charge on any atom is 0.338 e. The summed E-state index contributed by atoms with van der Waals surface area (Å²) in [6, 6.07) is 17.0. The summed E-state index contributed by atoms with van der Waals surface area (Å²) in [7, 11) is 0. The van der Waals surface area contributed by atoms with Gasteiger partial charge in [-0.3, -0.25) is 0 Å². The van der Waals surface area contributed by atoms with Crippen molar-refractivity contribution in [3.05, 3.63) is 71.8 Å². The van der Waals surface area contributed by atoms with E-state index in [2.05, 4.69) is 0 Å². The SMILES string of the molecule is C[C@H]1O[C@H](O)C[C@H](OC(=O)c2ccccc2)[C@H]1OC(=O)c1ccccc1. The zero-order chi connectivity index (χ0) is 18.5. The first kappa shape index (κ1) is 18.1. The molecule has 0 aromatic heterocycles. The minimum absolute atomic E-state index is 0.0235. The highest BCUT2D eigenvalue weighted by Crippen LogP contribution is 2.26. The normalized spacial score (nSPS) is 25.3. The highest BCUT2D eigenvalue weighted by atomic mass is 16.7. The highest BCUT2D eigenvalue weighted by Gasteiger charge is 2.41. The van der Waals surface area contributed by atoms with Crippen molar-refractivity contribution in [3.63, 3.8) is 0 Å². The Kier molecular flexibility index (Phi) is 5.65. The Morgan fingerprint density at radius 1 is 0.923 bits per heavy atom. The molecule has 1 saturated heterocycles. The molecule has 1 N–H and O–H groups in total. The first-order valence-electron chi connectivity index (χ1n) is 8.40. The summed E-state index contributed by atoms with van der Waals surface area (Å²) >= 11 is 0. The molecule has 0 unspecified atom stereocenters. The molecule has 3 rings (SSSR count). The molecule has 136 valence electrons. The summed E-state index contributed by atoms with van der Waals surface area (Å²) in [5.74, 6) is -1.08. The van der Waals surface area contributed by atoms with Crippen molar-refractivity contribution in [2.45, 2.75) is 37.9 Å². The third kappa shape index (κ3) is 4.28. The Hall–Kier alpha value is -2.70. The number of hydrogen-bond donors (Lipinski definition) is 1. The number of aliphatic hydroxyl groups is 1. The third-order valence-corrected chi connectivity index (χ3v) is 4.16. The average Bonchev–Trinajstić information content (AvgIpc) is 2.65. The van der Waals surface area contributed by atoms with Crippen LogP contribution in [0.15, 0.2) is 60.7 Å². The average molecular weight is 356 g/mol. The van der Waals surface area contributed by atoms with Crippen molar-refractivity contribution < 1.29 is 28.9 Å². The fourth-order valence-corrected chi connectivity index (χ4v) is 2.85. The standard InChI is InChI=1S/C20H20O6/c1-13-18(26-20(23)15-10-6-3-7-11-15)16(12-17(21)24-13)25-19(22)14-8-4-2-5-9-14/h2-11,13,16-18,21H,12H2,1H3/t13-,16+,17+,18+/m1/s1. The van der Waals surface area contributed by atoms with E-state index >= 15 is 0 Å². The number of benzene rings is 2. The van der Waals surface area contributed by atoms with Gasteiger partial charge in [-0.2, -0.15) is 0 Å². The van der Waals surface area contributed by atoms with Gasteiger partial charge in [-0.05, 0) is 31.2 Å². The molecule has 0 saturated carbocycles. The molecule has 0 spiro atoms. The number of hydrogen-bond acceptors (Lipinski definition) is 6. The number of ether oxygens (including phenoxy) is 3. The highest BCUT2D eigenvalue weighted by molar-refractivity contribution is 5.90. The predicted octanol–water partition coefficient (Wildman–Crippen LogP) is 2.56. The van der Waals surface area contributed by atoms with E-state index in [1.54, 1.807) is 67.6 Å². The number of esters is 2. The predicted molar refractivity (Wildman–Crippen MR) is 92.5 cm³/mol. The second-order valence-corrected chi connectivity index (χ2v) is 6.08. The molecule has 1 fully saturated rings. The van der Waals surface area contributed by atoms with Gasteiger partial charge in [0.2, 0.25) is 0 Å². The molecule has 26 heavy (non-hydrogen) atoms. The van der Waals surface area contributed by atoms with Crippen LogP contribution in [-0.4, -0.2) is 41.6 Å². The van der Waals surface area contributed by atoms with Gasteiger partial charge in [0.1, 0.15) is 6.10 Å². The Bertz CT molecular complexity index is 745. The van der Waals surface area contributed by atoms with E-state index in [0.717, 1.165) is 0 Å². The molecule has 2 aromatic carbocycles. The quantitative estimate of drug-likeness (QED) is 0.848. The van der Waals surface area contributed by atoms with Crippen LogP contribution >= 0.6 is 0 Å². The zero-order valence-corrected chi connectivity index (χ0v) is 14.3. The van der Waals surface area contributed by atoms with Gasteiger partial charge in [0, 0.05) is 6.42 Å². The first-order chi connectivity index (χ1) is 12.5. The fourth-order valence-electron chi connectivity index (χ4n) is 2.85. The van der Waals surface area contributed by atoms with Crippen LogP contribution in [0, 0.1) is 0 Å². The van der Waals surface area contributed by atoms with Crippen LogP contribution in [0.3, 0.4) is 0 Å². The van der Waals surface area contributed by atoms with Gasteiger partial charge < -0.3 is 19.3 Å². The Morgan fingerprint density at radius 3 is 1.96 bits per heavy atom.